The van der Waals surface area contributed by atoms with Crippen LogP contribution in [0.2, 0.25) is 0 Å². The number of Topliss-reactive ketones (excluding diaryl/α,β-unsaturated/α-hetero) is 2. The molecule has 210 valence electrons. The Bertz CT molecular complexity index is 1080. The number of allylic oxidation sites excluding steroid dienone is 2. The first-order chi connectivity index (χ1) is 17.8. The average molecular weight is 551 g/mol. The van der Waals surface area contributed by atoms with Gasteiger partial charge in [0.15, 0.2) is 12.2 Å². The first kappa shape index (κ1) is 28.9. The van der Waals surface area contributed by atoms with Crippen molar-refractivity contribution in [1.82, 2.24) is 0 Å². The lowest BCUT2D eigenvalue weighted by molar-refractivity contribution is -0.204. The Morgan fingerprint density at radius 2 is 1.79 bits per heavy atom. The molecule has 8 nitrogen and oxygen atoms in total. The molecule has 38 heavy (non-hydrogen) atoms. The molecular weight excluding hydrogens is 512 g/mol. The summed E-state index contributed by atoms with van der Waals surface area (Å²) in [5.74, 6) is -3.40. The van der Waals surface area contributed by atoms with E-state index in [4.69, 9.17) is 21.1 Å². The molecule has 0 aromatic rings. The van der Waals surface area contributed by atoms with Crippen molar-refractivity contribution in [2.45, 2.75) is 96.1 Å². The number of rotatable bonds is 7. The van der Waals surface area contributed by atoms with Crippen molar-refractivity contribution < 1.29 is 38.6 Å². The second-order valence-corrected chi connectivity index (χ2v) is 12.8. The van der Waals surface area contributed by atoms with E-state index < -0.39 is 63.6 Å². The van der Waals surface area contributed by atoms with Gasteiger partial charge in [-0.1, -0.05) is 46.3 Å². The largest absolute Gasteiger partial charge is 0.457 e. The maximum Gasteiger partial charge on any atom is 0.306 e. The molecule has 0 heterocycles. The Morgan fingerprint density at radius 3 is 2.39 bits per heavy atom. The van der Waals surface area contributed by atoms with Crippen LogP contribution in [0.1, 0.15) is 79.6 Å². The number of carbonyl (C=O) groups is 5. The number of fused-ring (bicyclic) bond motifs is 5. The fraction of sp³-hybridized carbons (Fsp3) is 0.759. The van der Waals surface area contributed by atoms with Gasteiger partial charge in [-0.3, -0.25) is 19.2 Å². The highest BCUT2D eigenvalue weighted by Gasteiger charge is 2.76. The van der Waals surface area contributed by atoms with Crippen LogP contribution in [0, 0.1) is 34.5 Å². The van der Waals surface area contributed by atoms with E-state index in [-0.39, 0.29) is 49.7 Å². The summed E-state index contributed by atoms with van der Waals surface area (Å²) in [6, 6.07) is 0. The second kappa shape index (κ2) is 9.84. The zero-order valence-electron chi connectivity index (χ0n) is 22.9. The Hall–Kier alpha value is -2.06. The van der Waals surface area contributed by atoms with Gasteiger partial charge >= 0.3 is 11.9 Å². The van der Waals surface area contributed by atoms with Crippen molar-refractivity contribution in [3.63, 3.8) is 0 Å². The number of alkyl halides is 1. The van der Waals surface area contributed by atoms with Crippen molar-refractivity contribution in [3.05, 3.63) is 11.6 Å². The number of aliphatic hydroxyl groups is 1. The standard InChI is InChI=1S/C29H39ClO8/c1-6-24(35)37-15-23(34)29(38-25(36)7-2)16(3)10-20-19-9-8-18-11-21(32)17(14-31)12-26(18,4)28(19,30)22(33)13-27(20,29)5/h8,14,16-17,19-20,22,33H,6-7,9-13,15H2,1-5H3/t16-,17?,19-,20-,22-,26-,27-,28-,29-/m0/s1. The predicted molar refractivity (Wildman–Crippen MR) is 138 cm³/mol. The van der Waals surface area contributed by atoms with Crippen molar-refractivity contribution in [3.8, 4) is 0 Å². The molecule has 4 aliphatic rings. The quantitative estimate of drug-likeness (QED) is 0.167. The number of hydrogen-bond acceptors (Lipinski definition) is 8. The number of halogens is 1. The van der Waals surface area contributed by atoms with Gasteiger partial charge in [-0.05, 0) is 37.5 Å². The first-order valence-corrected chi connectivity index (χ1v) is 14.1. The normalized spacial score (nSPS) is 43.7. The number of ether oxygens (including phenoxy) is 2. The molecular formula is C29H39ClO8. The zero-order valence-corrected chi connectivity index (χ0v) is 23.6. The van der Waals surface area contributed by atoms with E-state index in [9.17, 15) is 29.1 Å². The highest BCUT2D eigenvalue weighted by atomic mass is 35.5. The molecule has 9 heteroatoms. The second-order valence-electron chi connectivity index (χ2n) is 12.1. The minimum Gasteiger partial charge on any atom is -0.457 e. The third kappa shape index (κ3) is 3.76. The van der Waals surface area contributed by atoms with E-state index in [2.05, 4.69) is 0 Å². The first-order valence-electron chi connectivity index (χ1n) is 13.7. The minimum absolute atomic E-state index is 0.0634. The maximum absolute atomic E-state index is 13.9. The topological polar surface area (TPSA) is 124 Å². The highest BCUT2D eigenvalue weighted by molar-refractivity contribution is 6.26. The smallest absolute Gasteiger partial charge is 0.306 e. The van der Waals surface area contributed by atoms with Gasteiger partial charge in [0.05, 0.1) is 16.9 Å². The van der Waals surface area contributed by atoms with Crippen LogP contribution in [0.5, 0.6) is 0 Å². The molecule has 0 aliphatic heterocycles. The molecule has 3 fully saturated rings. The molecule has 0 amide bonds. The van der Waals surface area contributed by atoms with Gasteiger partial charge in [-0.15, -0.1) is 11.6 Å². The molecule has 1 unspecified atom stereocenters. The van der Waals surface area contributed by atoms with Crippen molar-refractivity contribution in [2.24, 2.45) is 34.5 Å². The van der Waals surface area contributed by atoms with E-state index >= 15 is 0 Å². The van der Waals surface area contributed by atoms with Crippen LogP contribution in [0.3, 0.4) is 0 Å². The third-order valence-corrected chi connectivity index (χ3v) is 11.4. The van der Waals surface area contributed by atoms with Crippen LogP contribution in [0.15, 0.2) is 11.6 Å². The van der Waals surface area contributed by atoms with E-state index in [0.29, 0.717) is 19.1 Å². The number of carbonyl (C=O) groups excluding carboxylic acids is 5. The number of aliphatic hydroxyl groups excluding tert-OH is 1. The van der Waals surface area contributed by atoms with Crippen molar-refractivity contribution in [2.75, 3.05) is 6.61 Å². The van der Waals surface area contributed by atoms with E-state index in [1.54, 1.807) is 13.8 Å². The van der Waals surface area contributed by atoms with Gasteiger partial charge in [0.1, 0.15) is 12.1 Å². The highest BCUT2D eigenvalue weighted by Crippen LogP contribution is 2.72. The molecule has 4 aliphatic carbocycles. The minimum atomic E-state index is -1.60. The van der Waals surface area contributed by atoms with Gasteiger partial charge in [-0.25, -0.2) is 0 Å². The van der Waals surface area contributed by atoms with Gasteiger partial charge in [0, 0.05) is 36.0 Å². The SMILES string of the molecule is CCC(=O)OCC(=O)[C@@]1(OC(=O)CC)[C@@H](C)C[C@H]2[C@@H]3CC=C4CC(=O)C(C=O)C[C@]4(C)[C@@]3(Cl)[C@@H](O)C[C@@]21C. The van der Waals surface area contributed by atoms with Gasteiger partial charge in [-0.2, -0.15) is 0 Å². The summed E-state index contributed by atoms with van der Waals surface area (Å²) in [7, 11) is 0. The van der Waals surface area contributed by atoms with Gasteiger partial charge in [0.25, 0.3) is 0 Å². The molecule has 4 rings (SSSR count). The van der Waals surface area contributed by atoms with E-state index in [1.807, 2.05) is 26.8 Å². The number of esters is 2. The summed E-state index contributed by atoms with van der Waals surface area (Å²) < 4.78 is 11.3. The summed E-state index contributed by atoms with van der Waals surface area (Å²) in [5, 5.41) is 11.9. The predicted octanol–water partition coefficient (Wildman–Crippen LogP) is 3.74. The van der Waals surface area contributed by atoms with Crippen LogP contribution in [-0.4, -0.2) is 58.1 Å². The molecule has 1 N–H and O–H groups in total. The molecule has 0 aromatic heterocycles. The van der Waals surface area contributed by atoms with Crippen LogP contribution in [-0.2, 0) is 33.4 Å². The lowest BCUT2D eigenvalue weighted by atomic mass is 9.44. The van der Waals surface area contributed by atoms with E-state index in [0.717, 1.165) is 5.57 Å². The lowest BCUT2D eigenvalue weighted by Crippen LogP contribution is -2.70. The molecule has 9 atom stereocenters. The van der Waals surface area contributed by atoms with Crippen LogP contribution >= 0.6 is 11.6 Å². The monoisotopic (exact) mass is 550 g/mol. The third-order valence-electron chi connectivity index (χ3n) is 10.5. The zero-order chi connectivity index (χ0) is 28.3. The van der Waals surface area contributed by atoms with Crippen molar-refractivity contribution in [1.29, 1.82) is 0 Å². The Kier molecular flexibility index (Phi) is 7.50. The molecule has 0 spiro atoms. The molecule has 0 aromatic carbocycles. The van der Waals surface area contributed by atoms with Crippen molar-refractivity contribution >= 4 is 41.4 Å². The van der Waals surface area contributed by atoms with Gasteiger partial charge < -0.3 is 19.4 Å². The molecule has 0 bridgehead atoms. The average Bonchev–Trinajstić information content (AvgIpc) is 3.09. The summed E-state index contributed by atoms with van der Waals surface area (Å²) in [6.45, 7) is 8.44. The summed E-state index contributed by atoms with van der Waals surface area (Å²) in [4.78, 5) is 61.7. The van der Waals surface area contributed by atoms with Crippen LogP contribution < -0.4 is 0 Å². The fourth-order valence-corrected chi connectivity index (χ4v) is 9.04. The van der Waals surface area contributed by atoms with E-state index in [1.165, 1.54) is 0 Å². The Labute approximate surface area is 228 Å². The summed E-state index contributed by atoms with van der Waals surface area (Å²) >= 11 is 7.54. The van der Waals surface area contributed by atoms with Crippen LogP contribution in [0.4, 0.5) is 0 Å². The number of ketones is 2. The van der Waals surface area contributed by atoms with Crippen LogP contribution in [0.25, 0.3) is 0 Å². The summed E-state index contributed by atoms with van der Waals surface area (Å²) in [5.41, 5.74) is -2.53. The Morgan fingerprint density at radius 1 is 1.13 bits per heavy atom. The molecule has 0 radical (unpaired) electrons. The lowest BCUT2D eigenvalue weighted by Gasteiger charge is -2.64. The summed E-state index contributed by atoms with van der Waals surface area (Å²) in [6.07, 6.45) is 3.20. The Balaban J connectivity index is 1.81. The number of hydrogen-bond donors (Lipinski definition) is 1. The molecule has 0 saturated heterocycles. The number of aldehydes is 1. The molecule has 3 saturated carbocycles. The maximum atomic E-state index is 13.9. The van der Waals surface area contributed by atoms with Gasteiger partial charge in [0.2, 0.25) is 5.78 Å². The fourth-order valence-electron chi connectivity index (χ4n) is 8.53.